The molecule has 13 heavy (non-hydrogen) atoms. The van der Waals surface area contributed by atoms with Crippen molar-refractivity contribution in [1.82, 2.24) is 4.90 Å². The topological polar surface area (TPSA) is 33.5 Å². The second kappa shape index (κ2) is 3.24. The van der Waals surface area contributed by atoms with Crippen LogP contribution in [0.4, 0.5) is 0 Å². The SMILES string of the molecule is CCN(C(=O)c1ccoc1)C1CC1. The molecule has 0 radical (unpaired) electrons. The number of hydrogen-bond acceptors (Lipinski definition) is 2. The number of hydrogen-bond donors (Lipinski definition) is 0. The van der Waals surface area contributed by atoms with Crippen LogP contribution in [-0.4, -0.2) is 23.4 Å². The molecule has 1 aliphatic carbocycles. The molecule has 1 saturated carbocycles. The standard InChI is InChI=1S/C10H13NO2/c1-2-11(9-3-4-9)10(12)8-5-6-13-7-8/h5-7,9H,2-4H2,1H3. The summed E-state index contributed by atoms with van der Waals surface area (Å²) in [7, 11) is 0. The highest BCUT2D eigenvalue weighted by molar-refractivity contribution is 5.94. The Hall–Kier alpha value is -1.25. The van der Waals surface area contributed by atoms with Gasteiger partial charge in [0.2, 0.25) is 0 Å². The van der Waals surface area contributed by atoms with Gasteiger partial charge in [-0.3, -0.25) is 4.79 Å². The Morgan fingerprint density at radius 1 is 1.69 bits per heavy atom. The molecular weight excluding hydrogens is 166 g/mol. The number of nitrogens with zero attached hydrogens (tertiary/aromatic N) is 1. The predicted octanol–water partition coefficient (Wildman–Crippen LogP) is 1.90. The fourth-order valence-corrected chi connectivity index (χ4v) is 1.51. The lowest BCUT2D eigenvalue weighted by Crippen LogP contribution is -2.32. The van der Waals surface area contributed by atoms with Crippen molar-refractivity contribution in [3.63, 3.8) is 0 Å². The molecule has 0 atom stereocenters. The summed E-state index contributed by atoms with van der Waals surface area (Å²) in [6.45, 7) is 2.80. The zero-order valence-corrected chi connectivity index (χ0v) is 7.69. The summed E-state index contributed by atoms with van der Waals surface area (Å²) in [6.07, 6.45) is 5.34. The van der Waals surface area contributed by atoms with Crippen LogP contribution in [0.25, 0.3) is 0 Å². The van der Waals surface area contributed by atoms with Crippen LogP contribution in [0.5, 0.6) is 0 Å². The van der Waals surface area contributed by atoms with E-state index in [2.05, 4.69) is 0 Å². The zero-order valence-electron chi connectivity index (χ0n) is 7.69. The van der Waals surface area contributed by atoms with E-state index >= 15 is 0 Å². The maximum Gasteiger partial charge on any atom is 0.257 e. The first-order chi connectivity index (χ1) is 6.33. The summed E-state index contributed by atoms with van der Waals surface area (Å²) in [5.74, 6) is 0.0961. The van der Waals surface area contributed by atoms with E-state index in [0.717, 1.165) is 19.4 Å². The molecule has 0 aliphatic heterocycles. The first-order valence-corrected chi connectivity index (χ1v) is 4.66. The second-order valence-corrected chi connectivity index (χ2v) is 3.33. The van der Waals surface area contributed by atoms with Crippen LogP contribution in [0, 0.1) is 0 Å². The van der Waals surface area contributed by atoms with Gasteiger partial charge in [0.25, 0.3) is 5.91 Å². The maximum absolute atomic E-state index is 11.8. The van der Waals surface area contributed by atoms with E-state index in [0.29, 0.717) is 11.6 Å². The minimum atomic E-state index is 0.0961. The molecule has 0 aromatic carbocycles. The van der Waals surface area contributed by atoms with Gasteiger partial charge in [-0.15, -0.1) is 0 Å². The lowest BCUT2D eigenvalue weighted by atomic mass is 10.3. The van der Waals surface area contributed by atoms with Gasteiger partial charge < -0.3 is 9.32 Å². The van der Waals surface area contributed by atoms with Crippen molar-refractivity contribution in [3.05, 3.63) is 24.2 Å². The third kappa shape index (κ3) is 1.59. The van der Waals surface area contributed by atoms with Crippen LogP contribution in [0.1, 0.15) is 30.1 Å². The summed E-state index contributed by atoms with van der Waals surface area (Å²) in [5.41, 5.74) is 0.661. The van der Waals surface area contributed by atoms with Crippen molar-refractivity contribution in [3.8, 4) is 0 Å². The zero-order chi connectivity index (χ0) is 9.26. The molecule has 1 aromatic rings. The number of amides is 1. The first-order valence-electron chi connectivity index (χ1n) is 4.66. The van der Waals surface area contributed by atoms with Crippen molar-refractivity contribution in [2.24, 2.45) is 0 Å². The molecule has 0 spiro atoms. The van der Waals surface area contributed by atoms with Crippen molar-refractivity contribution >= 4 is 5.91 Å². The molecule has 2 rings (SSSR count). The molecule has 1 heterocycles. The summed E-state index contributed by atoms with van der Waals surface area (Å²) in [4.78, 5) is 13.7. The van der Waals surface area contributed by atoms with Gasteiger partial charge in [0.05, 0.1) is 11.8 Å². The van der Waals surface area contributed by atoms with Crippen LogP contribution < -0.4 is 0 Å². The van der Waals surface area contributed by atoms with E-state index in [-0.39, 0.29) is 5.91 Å². The molecule has 1 fully saturated rings. The van der Waals surface area contributed by atoms with Crippen molar-refractivity contribution in [2.45, 2.75) is 25.8 Å². The van der Waals surface area contributed by atoms with E-state index < -0.39 is 0 Å². The smallest absolute Gasteiger partial charge is 0.257 e. The highest BCUT2D eigenvalue weighted by atomic mass is 16.3. The van der Waals surface area contributed by atoms with Crippen LogP contribution in [-0.2, 0) is 0 Å². The third-order valence-electron chi connectivity index (χ3n) is 2.36. The molecule has 70 valence electrons. The van der Waals surface area contributed by atoms with E-state index in [1.807, 2.05) is 11.8 Å². The normalized spacial score (nSPS) is 15.8. The second-order valence-electron chi connectivity index (χ2n) is 3.33. The van der Waals surface area contributed by atoms with Gasteiger partial charge in [0.1, 0.15) is 6.26 Å². The average molecular weight is 179 g/mol. The molecule has 0 bridgehead atoms. The van der Waals surface area contributed by atoms with Gasteiger partial charge >= 0.3 is 0 Å². The van der Waals surface area contributed by atoms with Gasteiger partial charge in [-0.1, -0.05) is 0 Å². The van der Waals surface area contributed by atoms with Crippen LogP contribution in [0.2, 0.25) is 0 Å². The molecule has 1 aliphatic rings. The Morgan fingerprint density at radius 2 is 2.46 bits per heavy atom. The minimum Gasteiger partial charge on any atom is -0.472 e. The molecule has 0 N–H and O–H groups in total. The highest BCUT2D eigenvalue weighted by Gasteiger charge is 2.31. The fourth-order valence-electron chi connectivity index (χ4n) is 1.51. The summed E-state index contributed by atoms with van der Waals surface area (Å²) in [5, 5.41) is 0. The maximum atomic E-state index is 11.8. The Balaban J connectivity index is 2.10. The number of carbonyl (C=O) groups is 1. The number of furan rings is 1. The Labute approximate surface area is 77.3 Å². The lowest BCUT2D eigenvalue weighted by molar-refractivity contribution is 0.0752. The van der Waals surface area contributed by atoms with Crippen molar-refractivity contribution in [2.75, 3.05) is 6.54 Å². The van der Waals surface area contributed by atoms with Gasteiger partial charge in [-0.2, -0.15) is 0 Å². The summed E-state index contributed by atoms with van der Waals surface area (Å²) < 4.78 is 4.88. The van der Waals surface area contributed by atoms with Crippen LogP contribution >= 0.6 is 0 Å². The van der Waals surface area contributed by atoms with Gasteiger partial charge in [0, 0.05) is 12.6 Å². The van der Waals surface area contributed by atoms with Gasteiger partial charge in [-0.25, -0.2) is 0 Å². The van der Waals surface area contributed by atoms with Gasteiger partial charge in [-0.05, 0) is 25.8 Å². The monoisotopic (exact) mass is 179 g/mol. The summed E-state index contributed by atoms with van der Waals surface area (Å²) in [6, 6.07) is 2.19. The molecule has 1 amide bonds. The number of carbonyl (C=O) groups excluding carboxylic acids is 1. The lowest BCUT2D eigenvalue weighted by Gasteiger charge is -2.18. The van der Waals surface area contributed by atoms with Gasteiger partial charge in [0.15, 0.2) is 0 Å². The first kappa shape index (κ1) is 8.35. The molecule has 1 aromatic heterocycles. The molecular formula is C10H13NO2. The summed E-state index contributed by atoms with van der Waals surface area (Å²) >= 11 is 0. The van der Waals surface area contributed by atoms with Crippen molar-refractivity contribution in [1.29, 1.82) is 0 Å². The van der Waals surface area contributed by atoms with Crippen LogP contribution in [0.3, 0.4) is 0 Å². The Bertz CT molecular complexity index is 288. The molecule has 0 unspecified atom stereocenters. The van der Waals surface area contributed by atoms with E-state index in [1.54, 1.807) is 6.07 Å². The van der Waals surface area contributed by atoms with E-state index in [9.17, 15) is 4.79 Å². The Kier molecular flexibility index (Phi) is 2.08. The Morgan fingerprint density at radius 3 is 2.92 bits per heavy atom. The third-order valence-corrected chi connectivity index (χ3v) is 2.36. The largest absolute Gasteiger partial charge is 0.472 e. The molecule has 3 heteroatoms. The molecule has 3 nitrogen and oxygen atoms in total. The van der Waals surface area contributed by atoms with E-state index in [1.165, 1.54) is 12.5 Å². The predicted molar refractivity (Wildman–Crippen MR) is 48.4 cm³/mol. The minimum absolute atomic E-state index is 0.0961. The van der Waals surface area contributed by atoms with Crippen LogP contribution in [0.15, 0.2) is 23.0 Å². The molecule has 0 saturated heterocycles. The number of rotatable bonds is 3. The van der Waals surface area contributed by atoms with E-state index in [4.69, 9.17) is 4.42 Å². The highest BCUT2D eigenvalue weighted by Crippen LogP contribution is 2.27. The quantitative estimate of drug-likeness (QED) is 0.710. The van der Waals surface area contributed by atoms with Crippen molar-refractivity contribution < 1.29 is 9.21 Å². The fraction of sp³-hybridized carbons (Fsp3) is 0.500. The average Bonchev–Trinajstić information content (AvgIpc) is 2.83.